The molecule has 0 atom stereocenters. The van der Waals surface area contributed by atoms with E-state index in [2.05, 4.69) is 17.9 Å². The minimum Gasteiger partial charge on any atom is -0.351 e. The molecule has 1 saturated carbocycles. The molecule has 2 nitrogen and oxygen atoms in total. The summed E-state index contributed by atoms with van der Waals surface area (Å²) in [7, 11) is 0. The van der Waals surface area contributed by atoms with Crippen LogP contribution in [0.1, 0.15) is 28.9 Å². The summed E-state index contributed by atoms with van der Waals surface area (Å²) < 4.78 is 0. The Bertz CT molecular complexity index is 331. The van der Waals surface area contributed by atoms with E-state index >= 15 is 0 Å². The van der Waals surface area contributed by atoms with Crippen LogP contribution in [0.15, 0.2) is 16.3 Å². The first-order valence-electron chi connectivity index (χ1n) is 4.81. The Balaban J connectivity index is 1.76. The van der Waals surface area contributed by atoms with Gasteiger partial charge in [0.2, 0.25) is 0 Å². The fourth-order valence-electron chi connectivity index (χ4n) is 1.33. The van der Waals surface area contributed by atoms with Crippen LogP contribution in [-0.2, 0) is 0 Å². The molecule has 0 unspecified atom stereocenters. The number of thiophene rings is 1. The smallest absolute Gasteiger partial charge is 0.261 e. The van der Waals surface area contributed by atoms with E-state index in [1.54, 1.807) is 6.07 Å². The van der Waals surface area contributed by atoms with E-state index in [1.807, 2.05) is 5.38 Å². The molecule has 1 aliphatic rings. The summed E-state index contributed by atoms with van der Waals surface area (Å²) in [6.07, 6.45) is 3.82. The predicted octanol–water partition coefficient (Wildman–Crippen LogP) is 2.57. The number of carbonyl (C=O) groups is 1. The van der Waals surface area contributed by atoms with Crippen LogP contribution in [0.5, 0.6) is 0 Å². The Labute approximate surface area is 93.1 Å². The fourth-order valence-corrected chi connectivity index (χ4v) is 2.39. The topological polar surface area (TPSA) is 29.1 Å². The Morgan fingerprint density at radius 1 is 1.64 bits per heavy atom. The van der Waals surface area contributed by atoms with Crippen LogP contribution in [0.4, 0.5) is 0 Å². The van der Waals surface area contributed by atoms with Gasteiger partial charge in [0.1, 0.15) is 0 Å². The Hall–Kier alpha value is -0.480. The normalized spacial score (nSPS) is 15.5. The van der Waals surface area contributed by atoms with Gasteiger partial charge in [0.15, 0.2) is 0 Å². The number of hydrogen-bond donors (Lipinski definition) is 2. The summed E-state index contributed by atoms with van der Waals surface area (Å²) >= 11 is 5.61. The monoisotopic (exact) mass is 227 g/mol. The van der Waals surface area contributed by atoms with Crippen LogP contribution in [-0.4, -0.2) is 12.5 Å². The van der Waals surface area contributed by atoms with E-state index < -0.39 is 0 Å². The lowest BCUT2D eigenvalue weighted by molar-refractivity contribution is 0.0956. The predicted molar refractivity (Wildman–Crippen MR) is 61.2 cm³/mol. The molecule has 1 amide bonds. The van der Waals surface area contributed by atoms with Crippen molar-refractivity contribution in [3.8, 4) is 0 Å². The van der Waals surface area contributed by atoms with E-state index in [-0.39, 0.29) is 5.91 Å². The van der Waals surface area contributed by atoms with Crippen molar-refractivity contribution in [1.29, 1.82) is 0 Å². The van der Waals surface area contributed by atoms with Gasteiger partial charge in [0.05, 0.1) is 4.88 Å². The summed E-state index contributed by atoms with van der Waals surface area (Å²) in [5.41, 5.74) is 0. The highest BCUT2D eigenvalue weighted by Crippen LogP contribution is 2.31. The molecule has 1 heterocycles. The van der Waals surface area contributed by atoms with Crippen molar-refractivity contribution in [3.05, 3.63) is 16.3 Å². The summed E-state index contributed by atoms with van der Waals surface area (Å²) in [6, 6.07) is 1.81. The minimum atomic E-state index is 0.0379. The second kappa shape index (κ2) is 4.36. The van der Waals surface area contributed by atoms with Crippen LogP contribution in [0.3, 0.4) is 0 Å². The van der Waals surface area contributed by atoms with Crippen LogP contribution >= 0.6 is 24.0 Å². The van der Waals surface area contributed by atoms with Gasteiger partial charge in [-0.1, -0.05) is 12.8 Å². The molecule has 1 fully saturated rings. The molecule has 1 aliphatic carbocycles. The molecule has 1 aromatic rings. The molecular weight excluding hydrogens is 214 g/mol. The molecule has 14 heavy (non-hydrogen) atoms. The van der Waals surface area contributed by atoms with Crippen molar-refractivity contribution in [1.82, 2.24) is 5.32 Å². The molecule has 1 N–H and O–H groups in total. The average Bonchev–Trinajstić information content (AvgIpc) is 2.87. The van der Waals surface area contributed by atoms with Gasteiger partial charge in [-0.05, 0) is 18.4 Å². The van der Waals surface area contributed by atoms with Crippen LogP contribution < -0.4 is 5.32 Å². The van der Waals surface area contributed by atoms with Crippen molar-refractivity contribution < 1.29 is 4.79 Å². The molecular formula is C10H13NOS2. The van der Waals surface area contributed by atoms with E-state index in [1.165, 1.54) is 24.2 Å². The molecule has 0 spiro atoms. The molecule has 0 radical (unpaired) electrons. The summed E-state index contributed by atoms with van der Waals surface area (Å²) in [5.74, 6) is 0.912. The summed E-state index contributed by atoms with van der Waals surface area (Å²) in [5, 5.41) is 4.80. The number of amides is 1. The van der Waals surface area contributed by atoms with Crippen LogP contribution in [0, 0.1) is 5.92 Å². The molecule has 76 valence electrons. The number of rotatable bonds is 4. The van der Waals surface area contributed by atoms with Gasteiger partial charge in [-0.2, -0.15) is 0 Å². The first-order valence-corrected chi connectivity index (χ1v) is 6.14. The maximum atomic E-state index is 11.5. The highest BCUT2D eigenvalue weighted by Gasteiger charge is 2.20. The number of hydrogen-bond acceptors (Lipinski definition) is 3. The highest BCUT2D eigenvalue weighted by atomic mass is 32.1. The summed E-state index contributed by atoms with van der Waals surface area (Å²) in [4.78, 5) is 13.1. The molecule has 4 heteroatoms. The maximum Gasteiger partial charge on any atom is 0.261 e. The van der Waals surface area contributed by atoms with E-state index in [0.717, 1.165) is 28.7 Å². The quantitative estimate of drug-likeness (QED) is 0.761. The van der Waals surface area contributed by atoms with Gasteiger partial charge < -0.3 is 5.32 Å². The standard InChI is InChI=1S/C10H13NOS2/c12-10(9-5-8(13)6-14-9)11-4-3-7-1-2-7/h5-7,13H,1-4H2,(H,11,12). The first kappa shape index (κ1) is 10.1. The number of nitrogens with one attached hydrogen (secondary N) is 1. The zero-order chi connectivity index (χ0) is 9.97. The van der Waals surface area contributed by atoms with Crippen LogP contribution in [0.25, 0.3) is 0 Å². The maximum absolute atomic E-state index is 11.5. The van der Waals surface area contributed by atoms with Crippen molar-refractivity contribution >= 4 is 29.9 Å². The number of carbonyl (C=O) groups excluding carboxylic acids is 1. The lowest BCUT2D eigenvalue weighted by Gasteiger charge is -2.01. The lowest BCUT2D eigenvalue weighted by Crippen LogP contribution is -2.23. The fraction of sp³-hybridized carbons (Fsp3) is 0.500. The zero-order valence-corrected chi connectivity index (χ0v) is 9.54. The van der Waals surface area contributed by atoms with Crippen molar-refractivity contribution in [2.24, 2.45) is 5.92 Å². The van der Waals surface area contributed by atoms with Gasteiger partial charge in [-0.3, -0.25) is 4.79 Å². The van der Waals surface area contributed by atoms with Crippen molar-refractivity contribution in [2.75, 3.05) is 6.54 Å². The third kappa shape index (κ3) is 2.75. The Kier molecular flexibility index (Phi) is 3.13. The van der Waals surface area contributed by atoms with Crippen LogP contribution in [0.2, 0.25) is 0 Å². The van der Waals surface area contributed by atoms with Gasteiger partial charge in [0, 0.05) is 16.8 Å². The highest BCUT2D eigenvalue weighted by molar-refractivity contribution is 7.80. The third-order valence-corrected chi connectivity index (χ3v) is 3.71. The molecule has 1 aromatic heterocycles. The van der Waals surface area contributed by atoms with E-state index in [9.17, 15) is 4.79 Å². The van der Waals surface area contributed by atoms with Gasteiger partial charge in [0.25, 0.3) is 5.91 Å². The second-order valence-corrected chi connectivity index (χ2v) is 5.08. The lowest BCUT2D eigenvalue weighted by atomic mass is 10.3. The minimum absolute atomic E-state index is 0.0379. The van der Waals surface area contributed by atoms with E-state index in [0.29, 0.717) is 0 Å². The van der Waals surface area contributed by atoms with Gasteiger partial charge >= 0.3 is 0 Å². The molecule has 0 bridgehead atoms. The zero-order valence-electron chi connectivity index (χ0n) is 7.82. The SMILES string of the molecule is O=C(NCCC1CC1)c1cc(S)cs1. The molecule has 0 saturated heterocycles. The van der Waals surface area contributed by atoms with Crippen molar-refractivity contribution in [3.63, 3.8) is 0 Å². The van der Waals surface area contributed by atoms with E-state index in [4.69, 9.17) is 0 Å². The van der Waals surface area contributed by atoms with Crippen molar-refractivity contribution in [2.45, 2.75) is 24.2 Å². The Morgan fingerprint density at radius 3 is 3.00 bits per heavy atom. The van der Waals surface area contributed by atoms with Gasteiger partial charge in [-0.25, -0.2) is 0 Å². The molecule has 0 aliphatic heterocycles. The van der Waals surface area contributed by atoms with Gasteiger partial charge in [-0.15, -0.1) is 24.0 Å². The largest absolute Gasteiger partial charge is 0.351 e. The second-order valence-electron chi connectivity index (χ2n) is 3.66. The number of thiol groups is 1. The molecule has 0 aromatic carbocycles. The first-order chi connectivity index (χ1) is 6.75. The molecule has 2 rings (SSSR count). The average molecular weight is 227 g/mol. The summed E-state index contributed by atoms with van der Waals surface area (Å²) in [6.45, 7) is 0.809. The Morgan fingerprint density at radius 2 is 2.43 bits per heavy atom. The third-order valence-electron chi connectivity index (χ3n) is 2.34.